The lowest BCUT2D eigenvalue weighted by atomic mass is 10.0. The largest absolute Gasteiger partial charge is 0.392 e. The monoisotopic (exact) mass is 296 g/mol. The molecule has 1 aromatic rings. The molecule has 6 nitrogen and oxygen atoms in total. The van der Waals surface area contributed by atoms with Gasteiger partial charge in [-0.05, 0) is 29.5 Å². The zero-order valence-electron chi connectivity index (χ0n) is 12.3. The predicted octanol–water partition coefficient (Wildman–Crippen LogP) is 1.67. The van der Waals surface area contributed by atoms with Crippen molar-refractivity contribution in [2.45, 2.75) is 26.1 Å². The molecule has 0 atom stereocenters. The zero-order chi connectivity index (χ0) is 15.3. The van der Waals surface area contributed by atoms with Gasteiger partial charge >= 0.3 is 0 Å². The lowest BCUT2D eigenvalue weighted by molar-refractivity contribution is 0.0496. The van der Waals surface area contributed by atoms with Gasteiger partial charge in [0.15, 0.2) is 0 Å². The van der Waals surface area contributed by atoms with E-state index in [2.05, 4.69) is 5.11 Å². The quantitative estimate of drug-likeness (QED) is 0.404. The lowest BCUT2D eigenvalue weighted by Gasteiger charge is -2.08. The molecule has 0 aliphatic rings. The molecule has 1 aromatic carbocycles. The summed E-state index contributed by atoms with van der Waals surface area (Å²) in [6.07, 6.45) is 1.72. The molecule has 0 spiro atoms. The Morgan fingerprint density at radius 1 is 0.857 bits per heavy atom. The summed E-state index contributed by atoms with van der Waals surface area (Å²) in [4.78, 5) is 0. The number of hydrogen-bond donors (Lipinski definition) is 3. The first kappa shape index (κ1) is 17.7. The van der Waals surface area contributed by atoms with Gasteiger partial charge in [0.2, 0.25) is 0 Å². The number of nitrogens with one attached hydrogen (secondary N) is 1. The van der Waals surface area contributed by atoms with E-state index < -0.39 is 0 Å². The Morgan fingerprint density at radius 2 is 1.43 bits per heavy atom. The average molecular weight is 296 g/mol. The van der Waals surface area contributed by atoms with Crippen molar-refractivity contribution in [3.63, 3.8) is 0 Å². The molecule has 0 bridgehead atoms. The summed E-state index contributed by atoms with van der Waals surface area (Å²) >= 11 is 0. The van der Waals surface area contributed by atoms with Gasteiger partial charge in [-0.15, -0.1) is 0 Å². The van der Waals surface area contributed by atoms with E-state index in [-0.39, 0.29) is 13.2 Å². The molecule has 21 heavy (non-hydrogen) atoms. The second kappa shape index (κ2) is 11.3. The van der Waals surface area contributed by atoms with Gasteiger partial charge < -0.3 is 19.7 Å². The summed E-state index contributed by atoms with van der Waals surface area (Å²) in [6.45, 7) is 2.53. The number of ether oxygens (including phenoxy) is 2. The third-order valence-corrected chi connectivity index (χ3v) is 2.95. The summed E-state index contributed by atoms with van der Waals surface area (Å²) in [7, 11) is 0. The number of aliphatic hydroxyl groups is 2. The van der Waals surface area contributed by atoms with Crippen LogP contribution in [0.3, 0.4) is 0 Å². The SMILES string of the molecule is N=NCCOCCOCCCc1cc(CO)cc(CO)c1. The molecule has 6 heteroatoms. The Bertz CT molecular complexity index is 390. The molecular weight excluding hydrogens is 272 g/mol. The van der Waals surface area contributed by atoms with E-state index >= 15 is 0 Å². The van der Waals surface area contributed by atoms with Crippen molar-refractivity contribution in [3.8, 4) is 0 Å². The van der Waals surface area contributed by atoms with Crippen molar-refractivity contribution < 1.29 is 19.7 Å². The second-order valence-corrected chi connectivity index (χ2v) is 4.68. The number of nitrogens with zero attached hydrogens (tertiary/aromatic N) is 1. The molecule has 0 heterocycles. The summed E-state index contributed by atoms with van der Waals surface area (Å²) < 4.78 is 10.7. The van der Waals surface area contributed by atoms with Crippen LogP contribution >= 0.6 is 0 Å². The van der Waals surface area contributed by atoms with Gasteiger partial charge in [-0.3, -0.25) is 0 Å². The fourth-order valence-electron chi connectivity index (χ4n) is 1.98. The van der Waals surface area contributed by atoms with Crippen LogP contribution in [0.4, 0.5) is 0 Å². The van der Waals surface area contributed by atoms with Crippen LogP contribution in [0.1, 0.15) is 23.1 Å². The molecule has 1 rings (SSSR count). The highest BCUT2D eigenvalue weighted by atomic mass is 16.5. The normalized spacial score (nSPS) is 10.8. The molecule has 0 radical (unpaired) electrons. The summed E-state index contributed by atoms with van der Waals surface area (Å²) in [6, 6.07) is 5.71. The maximum atomic E-state index is 9.17. The van der Waals surface area contributed by atoms with Crippen LogP contribution in [0, 0.1) is 5.53 Å². The number of benzene rings is 1. The smallest absolute Gasteiger partial charge is 0.0830 e. The van der Waals surface area contributed by atoms with Crippen LogP contribution in [0.15, 0.2) is 23.3 Å². The third-order valence-electron chi connectivity index (χ3n) is 2.95. The minimum Gasteiger partial charge on any atom is -0.392 e. The second-order valence-electron chi connectivity index (χ2n) is 4.68. The van der Waals surface area contributed by atoms with E-state index in [1.54, 1.807) is 6.07 Å². The highest BCUT2D eigenvalue weighted by Gasteiger charge is 2.01. The van der Waals surface area contributed by atoms with Crippen molar-refractivity contribution in [1.82, 2.24) is 0 Å². The minimum absolute atomic E-state index is 0.0146. The van der Waals surface area contributed by atoms with E-state index in [1.807, 2.05) is 12.1 Å². The van der Waals surface area contributed by atoms with E-state index in [9.17, 15) is 10.2 Å². The van der Waals surface area contributed by atoms with Crippen LogP contribution in [0.5, 0.6) is 0 Å². The molecule has 118 valence electrons. The summed E-state index contributed by atoms with van der Waals surface area (Å²) in [5.41, 5.74) is 9.35. The van der Waals surface area contributed by atoms with Gasteiger partial charge in [0, 0.05) is 6.61 Å². The van der Waals surface area contributed by atoms with Crippen LogP contribution < -0.4 is 0 Å². The maximum Gasteiger partial charge on any atom is 0.0830 e. The maximum absolute atomic E-state index is 9.17. The molecule has 3 N–H and O–H groups in total. The fraction of sp³-hybridized carbons (Fsp3) is 0.600. The highest BCUT2D eigenvalue weighted by Crippen LogP contribution is 2.12. The molecule has 0 saturated heterocycles. The Labute approximate surface area is 125 Å². The van der Waals surface area contributed by atoms with Gasteiger partial charge in [0.1, 0.15) is 0 Å². The summed E-state index contributed by atoms with van der Waals surface area (Å²) in [5.74, 6) is 0. The first-order chi connectivity index (χ1) is 10.3. The van der Waals surface area contributed by atoms with Crippen LogP contribution in [0.2, 0.25) is 0 Å². The first-order valence-electron chi connectivity index (χ1n) is 7.12. The molecule has 0 saturated carbocycles. The molecule has 0 amide bonds. The Balaban J connectivity index is 2.16. The molecule has 0 aliphatic heterocycles. The Hall–Kier alpha value is -1.34. The zero-order valence-corrected chi connectivity index (χ0v) is 12.3. The fourth-order valence-corrected chi connectivity index (χ4v) is 1.98. The number of aryl methyl sites for hydroxylation is 1. The van der Waals surface area contributed by atoms with Gasteiger partial charge in [0.05, 0.1) is 39.6 Å². The number of aliphatic hydroxyl groups excluding tert-OH is 2. The van der Waals surface area contributed by atoms with Crippen molar-refractivity contribution >= 4 is 0 Å². The van der Waals surface area contributed by atoms with Crippen molar-refractivity contribution in [2.75, 3.05) is 33.0 Å². The van der Waals surface area contributed by atoms with Crippen LogP contribution in [0.25, 0.3) is 0 Å². The van der Waals surface area contributed by atoms with Gasteiger partial charge in [-0.25, -0.2) is 5.53 Å². The van der Waals surface area contributed by atoms with Crippen molar-refractivity contribution in [1.29, 1.82) is 5.53 Å². The number of rotatable bonds is 12. The first-order valence-corrected chi connectivity index (χ1v) is 7.12. The van der Waals surface area contributed by atoms with E-state index in [0.717, 1.165) is 29.5 Å². The number of hydrogen-bond acceptors (Lipinski definition) is 6. The van der Waals surface area contributed by atoms with Crippen molar-refractivity contribution in [2.24, 2.45) is 5.11 Å². The Morgan fingerprint density at radius 3 is 2.00 bits per heavy atom. The van der Waals surface area contributed by atoms with Crippen LogP contribution in [-0.4, -0.2) is 43.2 Å². The average Bonchev–Trinajstić information content (AvgIpc) is 2.52. The van der Waals surface area contributed by atoms with Crippen LogP contribution in [-0.2, 0) is 29.1 Å². The predicted molar refractivity (Wildman–Crippen MR) is 78.3 cm³/mol. The van der Waals surface area contributed by atoms with Gasteiger partial charge in [-0.1, -0.05) is 18.2 Å². The highest BCUT2D eigenvalue weighted by molar-refractivity contribution is 5.29. The van der Waals surface area contributed by atoms with Gasteiger partial charge in [-0.2, -0.15) is 5.11 Å². The minimum atomic E-state index is -0.0146. The van der Waals surface area contributed by atoms with Crippen molar-refractivity contribution in [3.05, 3.63) is 34.9 Å². The molecule has 0 unspecified atom stereocenters. The third kappa shape index (κ3) is 7.87. The topological polar surface area (TPSA) is 95.1 Å². The van der Waals surface area contributed by atoms with Gasteiger partial charge in [0.25, 0.3) is 0 Å². The van der Waals surface area contributed by atoms with E-state index in [1.165, 1.54) is 0 Å². The van der Waals surface area contributed by atoms with E-state index in [4.69, 9.17) is 15.0 Å². The lowest BCUT2D eigenvalue weighted by Crippen LogP contribution is -2.07. The molecular formula is C15H24N2O4. The van der Waals surface area contributed by atoms with E-state index in [0.29, 0.717) is 33.0 Å². The molecule has 0 aliphatic carbocycles. The molecule has 0 fully saturated rings. The molecule has 0 aromatic heterocycles. The standard InChI is InChI=1S/C15H24N2O4/c16-17-3-5-21-7-6-20-4-1-2-13-8-14(11-18)10-15(9-13)12-19/h8-10,16,18-19H,1-7,11-12H2. The summed E-state index contributed by atoms with van der Waals surface area (Å²) in [5, 5.41) is 21.5. The Kier molecular flexibility index (Phi) is 9.56.